The average Bonchev–Trinajstić information content (AvgIpc) is 2.72. The van der Waals surface area contributed by atoms with Crippen LogP contribution in [0.2, 0.25) is 0 Å². The highest BCUT2D eigenvalue weighted by molar-refractivity contribution is 7.09. The first-order valence-electron chi connectivity index (χ1n) is 4.24. The third kappa shape index (κ3) is 1.54. The van der Waals surface area contributed by atoms with Gasteiger partial charge in [-0.3, -0.25) is 4.98 Å². The van der Waals surface area contributed by atoms with E-state index in [4.69, 9.17) is 0 Å². The minimum absolute atomic E-state index is 0.698. The fraction of sp³-hybridized carbons (Fsp3) is 0.200. The standard InChI is InChI=1S/C10H10N2OS/c1-10(13,9-12-6-7-14-9)8-2-4-11-5-3-8/h2-7,13H,1H3/t10-/m1/s1. The summed E-state index contributed by atoms with van der Waals surface area (Å²) in [6.45, 7) is 1.74. The number of aliphatic hydroxyl groups is 1. The molecule has 3 nitrogen and oxygen atoms in total. The lowest BCUT2D eigenvalue weighted by Crippen LogP contribution is -2.22. The lowest BCUT2D eigenvalue weighted by molar-refractivity contribution is 0.102. The van der Waals surface area contributed by atoms with E-state index in [1.807, 2.05) is 5.38 Å². The van der Waals surface area contributed by atoms with Gasteiger partial charge in [0.25, 0.3) is 0 Å². The Balaban J connectivity index is 2.43. The summed E-state index contributed by atoms with van der Waals surface area (Å²) in [6.07, 6.45) is 5.02. The third-order valence-electron chi connectivity index (χ3n) is 2.09. The van der Waals surface area contributed by atoms with E-state index in [9.17, 15) is 5.11 Å². The van der Waals surface area contributed by atoms with Crippen LogP contribution in [0.1, 0.15) is 17.5 Å². The molecule has 0 radical (unpaired) electrons. The molecular weight excluding hydrogens is 196 g/mol. The van der Waals surface area contributed by atoms with Crippen LogP contribution in [0.25, 0.3) is 0 Å². The molecule has 0 saturated carbocycles. The first kappa shape index (κ1) is 9.30. The molecule has 0 unspecified atom stereocenters. The van der Waals surface area contributed by atoms with Crippen molar-refractivity contribution in [1.82, 2.24) is 9.97 Å². The maximum atomic E-state index is 10.3. The lowest BCUT2D eigenvalue weighted by atomic mass is 9.98. The Hall–Kier alpha value is -1.26. The number of nitrogens with zero attached hydrogens (tertiary/aromatic N) is 2. The Bertz CT molecular complexity index is 397. The smallest absolute Gasteiger partial charge is 0.138 e. The van der Waals surface area contributed by atoms with Crippen LogP contribution in [0.4, 0.5) is 0 Å². The summed E-state index contributed by atoms with van der Waals surface area (Å²) in [5.41, 5.74) is -0.209. The van der Waals surface area contributed by atoms with Crippen molar-refractivity contribution in [3.8, 4) is 0 Å². The highest BCUT2D eigenvalue weighted by atomic mass is 32.1. The summed E-state index contributed by atoms with van der Waals surface area (Å²) in [6, 6.07) is 3.59. The number of aromatic nitrogens is 2. The summed E-state index contributed by atoms with van der Waals surface area (Å²) in [5.74, 6) is 0. The number of rotatable bonds is 2. The van der Waals surface area contributed by atoms with Crippen molar-refractivity contribution < 1.29 is 5.11 Å². The molecule has 4 heteroatoms. The largest absolute Gasteiger partial charge is 0.378 e. The zero-order valence-electron chi connectivity index (χ0n) is 7.71. The molecule has 0 bridgehead atoms. The van der Waals surface area contributed by atoms with E-state index < -0.39 is 5.60 Å². The Kier molecular flexibility index (Phi) is 2.31. The van der Waals surface area contributed by atoms with Crippen molar-refractivity contribution in [2.75, 3.05) is 0 Å². The summed E-state index contributed by atoms with van der Waals surface area (Å²) >= 11 is 1.44. The van der Waals surface area contributed by atoms with Gasteiger partial charge in [-0.05, 0) is 24.6 Å². The summed E-state index contributed by atoms with van der Waals surface area (Å²) < 4.78 is 0. The highest BCUT2D eigenvalue weighted by Gasteiger charge is 2.27. The van der Waals surface area contributed by atoms with E-state index in [0.29, 0.717) is 5.01 Å². The van der Waals surface area contributed by atoms with E-state index in [0.717, 1.165) is 5.56 Å². The molecule has 1 atom stereocenters. The second-order valence-electron chi connectivity index (χ2n) is 3.15. The zero-order valence-corrected chi connectivity index (χ0v) is 8.53. The summed E-state index contributed by atoms with van der Waals surface area (Å²) in [7, 11) is 0. The summed E-state index contributed by atoms with van der Waals surface area (Å²) in [5, 5.41) is 12.8. The molecule has 72 valence electrons. The Morgan fingerprint density at radius 3 is 2.57 bits per heavy atom. The molecular formula is C10H10N2OS. The Morgan fingerprint density at radius 1 is 1.29 bits per heavy atom. The number of thiazole rings is 1. The first-order chi connectivity index (χ1) is 6.71. The van der Waals surface area contributed by atoms with E-state index in [1.54, 1.807) is 37.6 Å². The predicted octanol–water partition coefficient (Wildman–Crippen LogP) is 1.79. The van der Waals surface area contributed by atoms with Crippen LogP contribution in [-0.4, -0.2) is 15.1 Å². The Labute approximate surface area is 86.1 Å². The molecule has 0 aliphatic heterocycles. The van der Waals surface area contributed by atoms with Gasteiger partial charge in [-0.25, -0.2) is 4.98 Å². The van der Waals surface area contributed by atoms with Crippen molar-refractivity contribution >= 4 is 11.3 Å². The van der Waals surface area contributed by atoms with Crippen LogP contribution in [0, 0.1) is 0 Å². The average molecular weight is 206 g/mol. The van der Waals surface area contributed by atoms with Crippen LogP contribution in [0.3, 0.4) is 0 Å². The number of pyridine rings is 1. The topological polar surface area (TPSA) is 46.0 Å². The van der Waals surface area contributed by atoms with Gasteiger partial charge >= 0.3 is 0 Å². The van der Waals surface area contributed by atoms with Crippen LogP contribution in [0.5, 0.6) is 0 Å². The van der Waals surface area contributed by atoms with Crippen molar-refractivity contribution in [2.24, 2.45) is 0 Å². The van der Waals surface area contributed by atoms with Gasteiger partial charge in [-0.2, -0.15) is 0 Å². The predicted molar refractivity (Wildman–Crippen MR) is 55.0 cm³/mol. The van der Waals surface area contributed by atoms with Crippen molar-refractivity contribution in [3.05, 3.63) is 46.7 Å². The van der Waals surface area contributed by atoms with Gasteiger partial charge < -0.3 is 5.11 Å². The van der Waals surface area contributed by atoms with Crippen molar-refractivity contribution in [3.63, 3.8) is 0 Å². The molecule has 0 aliphatic rings. The maximum absolute atomic E-state index is 10.3. The molecule has 2 aromatic rings. The molecule has 0 aromatic carbocycles. The van der Waals surface area contributed by atoms with Gasteiger partial charge in [0.05, 0.1) is 0 Å². The normalized spacial score (nSPS) is 15.0. The summed E-state index contributed by atoms with van der Waals surface area (Å²) in [4.78, 5) is 8.02. The minimum atomic E-state index is -1.02. The Morgan fingerprint density at radius 2 is 2.00 bits per heavy atom. The molecule has 2 aromatic heterocycles. The molecule has 2 heterocycles. The minimum Gasteiger partial charge on any atom is -0.378 e. The molecule has 14 heavy (non-hydrogen) atoms. The van der Waals surface area contributed by atoms with Crippen LogP contribution < -0.4 is 0 Å². The van der Waals surface area contributed by atoms with Gasteiger partial charge in [-0.1, -0.05) is 0 Å². The number of hydrogen-bond donors (Lipinski definition) is 1. The lowest BCUT2D eigenvalue weighted by Gasteiger charge is -2.20. The van der Waals surface area contributed by atoms with E-state index >= 15 is 0 Å². The van der Waals surface area contributed by atoms with Gasteiger partial charge in [-0.15, -0.1) is 11.3 Å². The SMILES string of the molecule is C[C@@](O)(c1ccncc1)c1nccs1. The monoisotopic (exact) mass is 206 g/mol. The van der Waals surface area contributed by atoms with Crippen molar-refractivity contribution in [2.45, 2.75) is 12.5 Å². The van der Waals surface area contributed by atoms with Crippen molar-refractivity contribution in [1.29, 1.82) is 0 Å². The van der Waals surface area contributed by atoms with Gasteiger partial charge in [0.2, 0.25) is 0 Å². The van der Waals surface area contributed by atoms with Gasteiger partial charge in [0.15, 0.2) is 0 Å². The fourth-order valence-electron chi connectivity index (χ4n) is 1.26. The van der Waals surface area contributed by atoms with Crippen LogP contribution in [0.15, 0.2) is 36.1 Å². The fourth-order valence-corrected chi connectivity index (χ4v) is 1.98. The van der Waals surface area contributed by atoms with E-state index in [2.05, 4.69) is 9.97 Å². The molecule has 0 fully saturated rings. The molecule has 1 N–H and O–H groups in total. The van der Waals surface area contributed by atoms with Crippen LogP contribution in [-0.2, 0) is 5.60 Å². The molecule has 0 saturated heterocycles. The first-order valence-corrected chi connectivity index (χ1v) is 5.12. The highest BCUT2D eigenvalue weighted by Crippen LogP contribution is 2.29. The zero-order chi connectivity index (χ0) is 10.0. The van der Waals surface area contributed by atoms with Crippen LogP contribution >= 0.6 is 11.3 Å². The molecule has 0 amide bonds. The number of hydrogen-bond acceptors (Lipinski definition) is 4. The quantitative estimate of drug-likeness (QED) is 0.814. The second kappa shape index (κ2) is 3.48. The second-order valence-corrected chi connectivity index (χ2v) is 4.04. The molecule has 0 spiro atoms. The van der Waals surface area contributed by atoms with Gasteiger partial charge in [0.1, 0.15) is 10.6 Å². The third-order valence-corrected chi connectivity index (χ3v) is 3.08. The molecule has 2 rings (SSSR count). The van der Waals surface area contributed by atoms with Gasteiger partial charge in [0, 0.05) is 24.0 Å². The molecule has 0 aliphatic carbocycles. The van der Waals surface area contributed by atoms with E-state index in [1.165, 1.54) is 11.3 Å². The van der Waals surface area contributed by atoms with E-state index in [-0.39, 0.29) is 0 Å². The maximum Gasteiger partial charge on any atom is 0.138 e.